The Morgan fingerprint density at radius 3 is 2.50 bits per heavy atom. The minimum absolute atomic E-state index is 0.0584. The lowest BCUT2D eigenvalue weighted by Gasteiger charge is -2.13. The van der Waals surface area contributed by atoms with Crippen LogP contribution in [0.4, 0.5) is 13.2 Å². The van der Waals surface area contributed by atoms with Gasteiger partial charge in [-0.1, -0.05) is 11.6 Å². The number of rotatable bonds is 2. The van der Waals surface area contributed by atoms with Crippen molar-refractivity contribution in [1.82, 2.24) is 4.98 Å². The Balaban J connectivity index is 2.79. The van der Waals surface area contributed by atoms with Gasteiger partial charge in [0.15, 0.2) is 0 Å². The number of alkyl halides is 3. The summed E-state index contributed by atoms with van der Waals surface area (Å²) in [5.74, 6) is 0.319. The number of ether oxygens (including phenoxy) is 1. The summed E-state index contributed by atoms with van der Waals surface area (Å²) in [5.41, 5.74) is -2.27. The van der Waals surface area contributed by atoms with Crippen LogP contribution < -0.4 is 10.3 Å². The van der Waals surface area contributed by atoms with E-state index in [4.69, 9.17) is 10.00 Å². The van der Waals surface area contributed by atoms with Gasteiger partial charge in [-0.2, -0.15) is 18.4 Å². The number of aromatic nitrogens is 1. The molecule has 1 heterocycles. The van der Waals surface area contributed by atoms with Crippen LogP contribution in [0.5, 0.6) is 5.75 Å². The summed E-state index contributed by atoms with van der Waals surface area (Å²) in [7, 11) is 1.38. The smallest absolute Gasteiger partial charge is 0.417 e. The van der Waals surface area contributed by atoms with Crippen LogP contribution in [0.2, 0.25) is 0 Å². The van der Waals surface area contributed by atoms with E-state index in [1.54, 1.807) is 25.1 Å². The molecule has 7 heteroatoms. The number of nitrogens with zero attached hydrogens (tertiary/aromatic N) is 1. The van der Waals surface area contributed by atoms with Crippen molar-refractivity contribution in [2.24, 2.45) is 0 Å². The SMILES string of the molecule is COc1ccc(C)cc1-c1cc(C(F)(F)F)c(C#N)c(=O)[nH]1. The summed E-state index contributed by atoms with van der Waals surface area (Å²) in [6.07, 6.45) is -4.80. The van der Waals surface area contributed by atoms with Crippen molar-refractivity contribution in [3.05, 3.63) is 51.3 Å². The van der Waals surface area contributed by atoms with E-state index < -0.39 is 22.9 Å². The summed E-state index contributed by atoms with van der Waals surface area (Å²) in [6, 6.07) is 6.96. The van der Waals surface area contributed by atoms with Gasteiger partial charge >= 0.3 is 6.18 Å². The molecule has 0 fully saturated rings. The lowest BCUT2D eigenvalue weighted by molar-refractivity contribution is -0.137. The normalized spacial score (nSPS) is 11.1. The van der Waals surface area contributed by atoms with E-state index in [2.05, 4.69) is 4.98 Å². The zero-order chi connectivity index (χ0) is 16.5. The molecule has 0 spiro atoms. The van der Waals surface area contributed by atoms with E-state index in [0.29, 0.717) is 11.3 Å². The fourth-order valence-electron chi connectivity index (χ4n) is 2.07. The molecule has 0 aliphatic carbocycles. The number of nitrogens with one attached hydrogen (secondary N) is 1. The Morgan fingerprint density at radius 1 is 1.27 bits per heavy atom. The summed E-state index contributed by atoms with van der Waals surface area (Å²) >= 11 is 0. The summed E-state index contributed by atoms with van der Waals surface area (Å²) < 4.78 is 44.2. The first-order chi connectivity index (χ1) is 10.3. The quantitative estimate of drug-likeness (QED) is 0.926. The molecule has 0 saturated heterocycles. The van der Waals surface area contributed by atoms with Crippen molar-refractivity contribution < 1.29 is 17.9 Å². The van der Waals surface area contributed by atoms with Gasteiger partial charge in [-0.3, -0.25) is 4.79 Å². The number of hydrogen-bond acceptors (Lipinski definition) is 3. The van der Waals surface area contributed by atoms with Gasteiger partial charge in [0.2, 0.25) is 0 Å². The van der Waals surface area contributed by atoms with Crippen molar-refractivity contribution >= 4 is 0 Å². The molecule has 0 aliphatic heterocycles. The third-order valence-corrected chi connectivity index (χ3v) is 3.10. The summed E-state index contributed by atoms with van der Waals surface area (Å²) in [6.45, 7) is 1.76. The zero-order valence-electron chi connectivity index (χ0n) is 11.7. The van der Waals surface area contributed by atoms with E-state index in [1.807, 2.05) is 0 Å². The van der Waals surface area contributed by atoms with Crippen LogP contribution in [-0.2, 0) is 6.18 Å². The minimum Gasteiger partial charge on any atom is -0.496 e. The lowest BCUT2D eigenvalue weighted by Crippen LogP contribution is -2.19. The van der Waals surface area contributed by atoms with Crippen molar-refractivity contribution in [2.75, 3.05) is 7.11 Å². The fraction of sp³-hybridized carbons (Fsp3) is 0.200. The first-order valence-corrected chi connectivity index (χ1v) is 6.17. The van der Waals surface area contributed by atoms with Crippen molar-refractivity contribution in [2.45, 2.75) is 13.1 Å². The van der Waals surface area contributed by atoms with Gasteiger partial charge in [0, 0.05) is 5.56 Å². The molecule has 2 aromatic rings. The van der Waals surface area contributed by atoms with Crippen LogP contribution in [0, 0.1) is 18.3 Å². The molecule has 0 atom stereocenters. The maximum atomic E-state index is 13.0. The second-order valence-electron chi connectivity index (χ2n) is 4.61. The largest absolute Gasteiger partial charge is 0.496 e. The number of aryl methyl sites for hydroxylation is 1. The first-order valence-electron chi connectivity index (χ1n) is 6.17. The molecule has 114 valence electrons. The maximum absolute atomic E-state index is 13.0. The lowest BCUT2D eigenvalue weighted by atomic mass is 10.0. The van der Waals surface area contributed by atoms with Crippen LogP contribution in [0.15, 0.2) is 29.1 Å². The van der Waals surface area contributed by atoms with Gasteiger partial charge in [-0.15, -0.1) is 0 Å². The van der Waals surface area contributed by atoms with Crippen LogP contribution in [0.3, 0.4) is 0 Å². The molecule has 22 heavy (non-hydrogen) atoms. The molecule has 0 amide bonds. The number of nitriles is 1. The van der Waals surface area contributed by atoms with Gasteiger partial charge in [0.05, 0.1) is 18.4 Å². The molecule has 0 saturated carbocycles. The fourth-order valence-corrected chi connectivity index (χ4v) is 2.07. The molecule has 2 rings (SSSR count). The molecule has 0 radical (unpaired) electrons. The van der Waals surface area contributed by atoms with Crippen LogP contribution in [0.1, 0.15) is 16.7 Å². The van der Waals surface area contributed by atoms with Crippen LogP contribution in [0.25, 0.3) is 11.3 Å². The maximum Gasteiger partial charge on any atom is 0.417 e. The Kier molecular flexibility index (Phi) is 3.95. The van der Waals surface area contributed by atoms with Gasteiger partial charge in [-0.05, 0) is 25.1 Å². The molecule has 1 aromatic carbocycles. The van der Waals surface area contributed by atoms with E-state index in [9.17, 15) is 18.0 Å². The summed E-state index contributed by atoms with van der Waals surface area (Å²) in [5, 5.41) is 8.77. The second-order valence-corrected chi connectivity index (χ2v) is 4.61. The molecule has 0 bridgehead atoms. The molecule has 1 N–H and O–H groups in total. The third kappa shape index (κ3) is 2.81. The highest BCUT2D eigenvalue weighted by Gasteiger charge is 2.35. The topological polar surface area (TPSA) is 65.9 Å². The predicted molar refractivity (Wildman–Crippen MR) is 73.5 cm³/mol. The van der Waals surface area contributed by atoms with E-state index in [1.165, 1.54) is 13.2 Å². The van der Waals surface area contributed by atoms with Crippen molar-refractivity contribution in [1.29, 1.82) is 5.26 Å². The van der Waals surface area contributed by atoms with Crippen LogP contribution in [-0.4, -0.2) is 12.1 Å². The standard InChI is InChI=1S/C15H11F3N2O2/c1-8-3-4-13(22-2)9(5-8)12-6-11(15(16,17)18)10(7-19)14(21)20-12/h3-6H,1-2H3,(H,20,21). The van der Waals surface area contributed by atoms with Gasteiger partial charge < -0.3 is 9.72 Å². The molecular weight excluding hydrogens is 297 g/mol. The molecular formula is C15H11F3N2O2. The molecule has 1 aromatic heterocycles. The number of halogens is 3. The van der Waals surface area contributed by atoms with Gasteiger partial charge in [0.1, 0.15) is 17.4 Å². The van der Waals surface area contributed by atoms with Crippen LogP contribution >= 0.6 is 0 Å². The third-order valence-electron chi connectivity index (χ3n) is 3.10. The Hall–Kier alpha value is -2.75. The van der Waals surface area contributed by atoms with Crippen molar-refractivity contribution in [3.8, 4) is 23.1 Å². The predicted octanol–water partition coefficient (Wildman–Crippen LogP) is 3.25. The Bertz CT molecular complexity index is 817. The number of pyridine rings is 1. The number of benzene rings is 1. The number of methoxy groups -OCH3 is 1. The van der Waals surface area contributed by atoms with Gasteiger partial charge in [-0.25, -0.2) is 0 Å². The molecule has 4 nitrogen and oxygen atoms in total. The highest BCUT2D eigenvalue weighted by molar-refractivity contribution is 5.69. The number of hydrogen-bond donors (Lipinski definition) is 1. The van der Waals surface area contributed by atoms with Crippen molar-refractivity contribution in [3.63, 3.8) is 0 Å². The highest BCUT2D eigenvalue weighted by atomic mass is 19.4. The minimum atomic E-state index is -4.80. The molecule has 0 aliphatic rings. The molecule has 0 unspecified atom stereocenters. The van der Waals surface area contributed by atoms with Gasteiger partial charge in [0.25, 0.3) is 5.56 Å². The van der Waals surface area contributed by atoms with E-state index in [0.717, 1.165) is 11.6 Å². The zero-order valence-corrected chi connectivity index (χ0v) is 11.7. The first kappa shape index (κ1) is 15.6. The Morgan fingerprint density at radius 2 is 1.95 bits per heavy atom. The van der Waals surface area contributed by atoms with E-state index >= 15 is 0 Å². The average Bonchev–Trinajstić information content (AvgIpc) is 2.45. The Labute approximate surface area is 123 Å². The monoisotopic (exact) mass is 308 g/mol. The summed E-state index contributed by atoms with van der Waals surface area (Å²) in [4.78, 5) is 14.1. The second kappa shape index (κ2) is 5.56. The number of aromatic amines is 1. The highest BCUT2D eigenvalue weighted by Crippen LogP contribution is 2.35. The van der Waals surface area contributed by atoms with E-state index in [-0.39, 0.29) is 5.69 Å². The number of H-pyrrole nitrogens is 1. The average molecular weight is 308 g/mol.